The second-order valence-electron chi connectivity index (χ2n) is 5.45. The van der Waals surface area contributed by atoms with E-state index in [0.717, 1.165) is 12.1 Å². The minimum absolute atomic E-state index is 0.0800. The zero-order valence-corrected chi connectivity index (χ0v) is 15.4. The van der Waals surface area contributed by atoms with Crippen LogP contribution in [0.15, 0.2) is 35.5 Å². The lowest BCUT2D eigenvalue weighted by Gasteiger charge is -2.19. The molecule has 0 atom stereocenters. The average Bonchev–Trinajstić information content (AvgIpc) is 3.03. The van der Waals surface area contributed by atoms with Crippen molar-refractivity contribution in [1.82, 2.24) is 14.1 Å². The fourth-order valence-corrected chi connectivity index (χ4v) is 3.82. The molecule has 0 radical (unpaired) electrons. The second-order valence-corrected chi connectivity index (χ2v) is 7.39. The van der Waals surface area contributed by atoms with Crippen molar-refractivity contribution >= 4 is 27.4 Å². The zero-order valence-electron chi connectivity index (χ0n) is 14.6. The van der Waals surface area contributed by atoms with Crippen LogP contribution in [0.3, 0.4) is 0 Å². The number of phenols is 1. The van der Waals surface area contributed by atoms with E-state index in [1.54, 1.807) is 20.9 Å². The number of aryl methyl sites for hydroxylation is 1. The molecule has 0 saturated heterocycles. The van der Waals surface area contributed by atoms with E-state index in [1.807, 2.05) is 0 Å². The van der Waals surface area contributed by atoms with E-state index in [1.165, 1.54) is 27.4 Å². The molecule has 2 rings (SSSR count). The molecule has 0 spiro atoms. The molecular formula is C16H20N4O5S. The smallest absolute Gasteiger partial charge is 0.296 e. The van der Waals surface area contributed by atoms with Crippen LogP contribution in [-0.2, 0) is 21.9 Å². The third kappa shape index (κ3) is 3.92. The summed E-state index contributed by atoms with van der Waals surface area (Å²) in [5.41, 5.74) is -0.0862. The van der Waals surface area contributed by atoms with Gasteiger partial charge in [0.2, 0.25) is 10.0 Å². The Morgan fingerprint density at radius 1 is 1.27 bits per heavy atom. The Balaban J connectivity index is 2.30. The monoisotopic (exact) mass is 380 g/mol. The molecule has 0 aliphatic heterocycles. The molecule has 0 fully saturated rings. The summed E-state index contributed by atoms with van der Waals surface area (Å²) in [5, 5.41) is 16.0. The Morgan fingerprint density at radius 2 is 1.92 bits per heavy atom. The van der Waals surface area contributed by atoms with Crippen molar-refractivity contribution in [3.05, 3.63) is 36.2 Å². The van der Waals surface area contributed by atoms with Gasteiger partial charge in [0.05, 0.1) is 22.3 Å². The van der Waals surface area contributed by atoms with Crippen molar-refractivity contribution in [3.8, 4) is 5.75 Å². The average molecular weight is 380 g/mol. The highest BCUT2D eigenvalue weighted by atomic mass is 32.2. The van der Waals surface area contributed by atoms with Crippen LogP contribution in [-0.4, -0.2) is 52.4 Å². The van der Waals surface area contributed by atoms with Crippen LogP contribution in [0.1, 0.15) is 24.2 Å². The number of nitrogens with zero attached hydrogens (tertiary/aromatic N) is 3. The molecule has 2 aromatic rings. The second kappa shape index (κ2) is 7.67. The molecule has 9 nitrogen and oxygen atoms in total. The number of rotatable bonds is 7. The van der Waals surface area contributed by atoms with Gasteiger partial charge in [-0.05, 0) is 18.2 Å². The van der Waals surface area contributed by atoms with E-state index in [9.17, 15) is 23.1 Å². The van der Waals surface area contributed by atoms with Gasteiger partial charge in [-0.1, -0.05) is 13.8 Å². The Kier molecular flexibility index (Phi) is 5.78. The van der Waals surface area contributed by atoms with Gasteiger partial charge in [-0.3, -0.25) is 14.3 Å². The number of aromatic nitrogens is 2. The van der Waals surface area contributed by atoms with E-state index in [4.69, 9.17) is 0 Å². The number of ketones is 1. The number of hydrogen-bond donors (Lipinski definition) is 2. The number of sulfonamides is 1. The summed E-state index contributed by atoms with van der Waals surface area (Å²) in [6.45, 7) is 3.97. The lowest BCUT2D eigenvalue weighted by atomic mass is 10.2. The van der Waals surface area contributed by atoms with Gasteiger partial charge in [0.1, 0.15) is 5.75 Å². The van der Waals surface area contributed by atoms with Gasteiger partial charge in [-0.2, -0.15) is 9.40 Å². The SMILES string of the molecule is CCN(CC)S(=O)(=O)c1ccc(O)c(NC(=O)C(=O)c2cnn(C)c2)c1. The van der Waals surface area contributed by atoms with Crippen molar-refractivity contribution < 1.29 is 23.1 Å². The van der Waals surface area contributed by atoms with Crippen LogP contribution in [0.25, 0.3) is 0 Å². The summed E-state index contributed by atoms with van der Waals surface area (Å²) in [7, 11) is -2.17. The number of benzene rings is 1. The van der Waals surface area contributed by atoms with Gasteiger partial charge in [0.15, 0.2) is 0 Å². The highest BCUT2D eigenvalue weighted by Crippen LogP contribution is 2.28. The molecule has 1 aromatic carbocycles. The first kappa shape index (κ1) is 19.6. The fourth-order valence-electron chi connectivity index (χ4n) is 2.34. The molecule has 26 heavy (non-hydrogen) atoms. The van der Waals surface area contributed by atoms with E-state index < -0.39 is 21.7 Å². The van der Waals surface area contributed by atoms with Gasteiger partial charge >= 0.3 is 0 Å². The van der Waals surface area contributed by atoms with E-state index >= 15 is 0 Å². The highest BCUT2D eigenvalue weighted by molar-refractivity contribution is 7.89. The predicted molar refractivity (Wildman–Crippen MR) is 94.4 cm³/mol. The minimum Gasteiger partial charge on any atom is -0.506 e. The van der Waals surface area contributed by atoms with Gasteiger partial charge in [-0.25, -0.2) is 8.42 Å². The lowest BCUT2D eigenvalue weighted by Crippen LogP contribution is -2.30. The number of Topliss-reactive ketones (excluding diaryl/α,β-unsaturated/α-hetero) is 1. The first-order valence-electron chi connectivity index (χ1n) is 7.88. The number of anilines is 1. The molecule has 0 aliphatic carbocycles. The van der Waals surface area contributed by atoms with Crippen molar-refractivity contribution in [2.24, 2.45) is 7.05 Å². The molecule has 0 saturated carbocycles. The maximum atomic E-state index is 12.6. The molecule has 0 aliphatic rings. The summed E-state index contributed by atoms with van der Waals surface area (Å²) in [6, 6.07) is 3.51. The Hall–Kier alpha value is -2.72. The number of phenolic OH excluding ortho intramolecular Hbond substituents is 1. The van der Waals surface area contributed by atoms with Gasteiger partial charge in [-0.15, -0.1) is 0 Å². The summed E-state index contributed by atoms with van der Waals surface area (Å²) in [6.07, 6.45) is 2.62. The quantitative estimate of drug-likeness (QED) is 0.419. The summed E-state index contributed by atoms with van der Waals surface area (Å²) >= 11 is 0. The Bertz CT molecular complexity index is 932. The molecular weight excluding hydrogens is 360 g/mol. The Labute approximate surface area is 151 Å². The van der Waals surface area contributed by atoms with Gasteiger partial charge < -0.3 is 10.4 Å². The topological polar surface area (TPSA) is 122 Å². The maximum absolute atomic E-state index is 12.6. The predicted octanol–water partition coefficient (Wildman–Crippen LogP) is 0.978. The van der Waals surface area contributed by atoms with Crippen LogP contribution < -0.4 is 5.32 Å². The Morgan fingerprint density at radius 3 is 2.46 bits per heavy atom. The normalized spacial score (nSPS) is 11.5. The molecule has 0 unspecified atom stereocenters. The van der Waals surface area contributed by atoms with Crippen LogP contribution >= 0.6 is 0 Å². The van der Waals surface area contributed by atoms with Gasteiger partial charge in [0, 0.05) is 26.3 Å². The number of hydrogen-bond acceptors (Lipinski definition) is 6. The minimum atomic E-state index is -3.77. The summed E-state index contributed by atoms with van der Waals surface area (Å²) in [4.78, 5) is 24.1. The molecule has 1 amide bonds. The van der Waals surface area contributed by atoms with E-state index in [-0.39, 0.29) is 35.0 Å². The van der Waals surface area contributed by atoms with E-state index in [2.05, 4.69) is 10.4 Å². The van der Waals surface area contributed by atoms with Crippen molar-refractivity contribution in [2.75, 3.05) is 18.4 Å². The van der Waals surface area contributed by atoms with Crippen LogP contribution in [0.2, 0.25) is 0 Å². The standard InChI is InChI=1S/C16H20N4O5S/c1-4-20(5-2)26(24,25)12-6-7-14(21)13(8-12)18-16(23)15(22)11-9-17-19(3)10-11/h6-10,21H,4-5H2,1-3H3,(H,18,23). The van der Waals surface area contributed by atoms with Crippen molar-refractivity contribution in [1.29, 1.82) is 0 Å². The fraction of sp³-hybridized carbons (Fsp3) is 0.312. The first-order valence-corrected chi connectivity index (χ1v) is 9.32. The number of amides is 1. The number of carbonyl (C=O) groups is 2. The largest absolute Gasteiger partial charge is 0.506 e. The number of nitrogens with one attached hydrogen (secondary N) is 1. The molecule has 1 heterocycles. The maximum Gasteiger partial charge on any atom is 0.296 e. The van der Waals surface area contributed by atoms with E-state index in [0.29, 0.717) is 0 Å². The van der Waals surface area contributed by atoms with Crippen LogP contribution in [0.4, 0.5) is 5.69 Å². The molecule has 2 N–H and O–H groups in total. The third-order valence-electron chi connectivity index (χ3n) is 3.73. The molecule has 1 aromatic heterocycles. The van der Waals surface area contributed by atoms with Crippen LogP contribution in [0.5, 0.6) is 5.75 Å². The summed E-state index contributed by atoms with van der Waals surface area (Å²) < 4.78 is 27.7. The third-order valence-corrected chi connectivity index (χ3v) is 5.78. The molecule has 10 heteroatoms. The number of carbonyl (C=O) groups excluding carboxylic acids is 2. The lowest BCUT2D eigenvalue weighted by molar-refractivity contribution is -0.112. The highest BCUT2D eigenvalue weighted by Gasteiger charge is 2.24. The molecule has 0 bridgehead atoms. The molecule has 140 valence electrons. The zero-order chi connectivity index (χ0) is 19.5. The van der Waals surface area contributed by atoms with Crippen molar-refractivity contribution in [3.63, 3.8) is 0 Å². The first-order chi connectivity index (χ1) is 12.2. The van der Waals surface area contributed by atoms with Crippen molar-refractivity contribution in [2.45, 2.75) is 18.7 Å². The van der Waals surface area contributed by atoms with Gasteiger partial charge in [0.25, 0.3) is 11.7 Å². The van der Waals surface area contributed by atoms with Crippen LogP contribution in [0, 0.1) is 0 Å². The summed E-state index contributed by atoms with van der Waals surface area (Å²) in [5.74, 6) is -2.21. The number of aromatic hydroxyl groups is 1.